The van der Waals surface area contributed by atoms with Crippen LogP contribution in [0.1, 0.15) is 30.7 Å². The van der Waals surface area contributed by atoms with E-state index in [0.717, 1.165) is 36.2 Å². The zero-order valence-electron chi connectivity index (χ0n) is 15.1. The molecule has 1 aromatic carbocycles. The van der Waals surface area contributed by atoms with Crippen LogP contribution < -0.4 is 5.73 Å². The van der Waals surface area contributed by atoms with Crippen LogP contribution in [0.5, 0.6) is 0 Å². The summed E-state index contributed by atoms with van der Waals surface area (Å²) in [7, 11) is 0. The Labute approximate surface area is 161 Å². The molecule has 5 rings (SSSR count). The number of rotatable bonds is 4. The van der Waals surface area contributed by atoms with E-state index in [2.05, 4.69) is 49.4 Å². The average Bonchev–Trinajstić information content (AvgIpc) is 3.19. The normalized spacial score (nSPS) is 15.1. The molecule has 7 nitrogen and oxygen atoms in total. The number of nitrogens with two attached hydrogens (primary N) is 1. The van der Waals surface area contributed by atoms with Crippen LogP contribution in [0.3, 0.4) is 0 Å². The maximum Gasteiger partial charge on any atom is 0.276 e. The Hall–Kier alpha value is -3.61. The highest BCUT2D eigenvalue weighted by molar-refractivity contribution is 5.63. The smallest absolute Gasteiger partial charge is 0.276 e. The summed E-state index contributed by atoms with van der Waals surface area (Å²) in [5.74, 6) is 1.45. The van der Waals surface area contributed by atoms with Gasteiger partial charge in [-0.1, -0.05) is 41.9 Å². The molecule has 0 aliphatic heterocycles. The third-order valence-corrected chi connectivity index (χ3v) is 5.39. The predicted molar refractivity (Wildman–Crippen MR) is 104 cm³/mol. The number of aromatic nitrogens is 5. The molecule has 0 amide bonds. The monoisotopic (exact) mass is 370 g/mol. The SMILES string of the molecule is Nc1ncc(-c2ccc(C3(c4noc(-c5ccccn5)n4)CCC3)cc2)cn1. The summed E-state index contributed by atoms with van der Waals surface area (Å²) in [4.78, 5) is 17.1. The number of hydrogen-bond donors (Lipinski definition) is 1. The first-order valence-electron chi connectivity index (χ1n) is 9.19. The van der Waals surface area contributed by atoms with E-state index in [9.17, 15) is 0 Å². The first-order chi connectivity index (χ1) is 13.7. The summed E-state index contributed by atoms with van der Waals surface area (Å²) in [5.41, 5.74) is 9.22. The van der Waals surface area contributed by atoms with Crippen LogP contribution in [0.25, 0.3) is 22.7 Å². The fraction of sp³-hybridized carbons (Fsp3) is 0.190. The van der Waals surface area contributed by atoms with Gasteiger partial charge in [0, 0.05) is 24.2 Å². The van der Waals surface area contributed by atoms with Crippen molar-refractivity contribution in [1.82, 2.24) is 25.1 Å². The Bertz CT molecular complexity index is 1090. The first-order valence-corrected chi connectivity index (χ1v) is 9.19. The van der Waals surface area contributed by atoms with Crippen molar-refractivity contribution >= 4 is 5.95 Å². The molecular formula is C21H18N6O. The van der Waals surface area contributed by atoms with Gasteiger partial charge in [-0.3, -0.25) is 4.98 Å². The van der Waals surface area contributed by atoms with Crippen molar-refractivity contribution < 1.29 is 4.52 Å². The van der Waals surface area contributed by atoms with Crippen LogP contribution in [-0.4, -0.2) is 25.1 Å². The summed E-state index contributed by atoms with van der Waals surface area (Å²) in [6.45, 7) is 0. The topological polar surface area (TPSA) is 104 Å². The van der Waals surface area contributed by atoms with Gasteiger partial charge in [-0.25, -0.2) is 9.97 Å². The molecule has 2 N–H and O–H groups in total. The Kier molecular flexibility index (Phi) is 3.86. The molecule has 3 heterocycles. The molecule has 1 saturated carbocycles. The number of pyridine rings is 1. The third-order valence-electron chi connectivity index (χ3n) is 5.39. The summed E-state index contributed by atoms with van der Waals surface area (Å²) in [5, 5.41) is 4.29. The number of anilines is 1. The lowest BCUT2D eigenvalue weighted by atomic mass is 9.64. The Morgan fingerprint density at radius 2 is 1.68 bits per heavy atom. The maximum atomic E-state index is 5.57. The van der Waals surface area contributed by atoms with Gasteiger partial charge in [0.05, 0.1) is 5.41 Å². The van der Waals surface area contributed by atoms with Gasteiger partial charge in [-0.05, 0) is 36.1 Å². The molecule has 0 atom stereocenters. The molecule has 1 fully saturated rings. The molecule has 7 heteroatoms. The van der Waals surface area contributed by atoms with Crippen molar-refractivity contribution in [3.05, 3.63) is 72.4 Å². The molecule has 0 saturated heterocycles. The molecule has 0 bridgehead atoms. The summed E-state index contributed by atoms with van der Waals surface area (Å²) >= 11 is 0. The molecule has 0 radical (unpaired) electrons. The van der Waals surface area contributed by atoms with Gasteiger partial charge in [0.1, 0.15) is 5.69 Å². The Morgan fingerprint density at radius 3 is 2.32 bits per heavy atom. The van der Waals surface area contributed by atoms with Gasteiger partial charge in [0.25, 0.3) is 5.89 Å². The van der Waals surface area contributed by atoms with E-state index < -0.39 is 0 Å². The zero-order valence-corrected chi connectivity index (χ0v) is 15.1. The molecule has 4 aromatic rings. The first kappa shape index (κ1) is 16.6. The lowest BCUT2D eigenvalue weighted by Crippen LogP contribution is -2.36. The molecule has 1 aliphatic rings. The van der Waals surface area contributed by atoms with Crippen molar-refractivity contribution in [3.63, 3.8) is 0 Å². The largest absolute Gasteiger partial charge is 0.368 e. The van der Waals surface area contributed by atoms with E-state index in [-0.39, 0.29) is 11.4 Å². The molecule has 3 aromatic heterocycles. The van der Waals surface area contributed by atoms with E-state index in [1.54, 1.807) is 18.6 Å². The van der Waals surface area contributed by atoms with Crippen LogP contribution in [0.2, 0.25) is 0 Å². The lowest BCUT2D eigenvalue weighted by molar-refractivity contribution is 0.273. The molecule has 0 unspecified atom stereocenters. The molecular weight excluding hydrogens is 352 g/mol. The molecule has 28 heavy (non-hydrogen) atoms. The number of nitrogen functional groups attached to an aromatic ring is 1. The van der Waals surface area contributed by atoms with E-state index >= 15 is 0 Å². The van der Waals surface area contributed by atoms with Crippen molar-refractivity contribution in [2.24, 2.45) is 0 Å². The average molecular weight is 370 g/mol. The quantitative estimate of drug-likeness (QED) is 0.585. The third kappa shape index (κ3) is 2.72. The van der Waals surface area contributed by atoms with E-state index in [1.807, 2.05) is 18.2 Å². The van der Waals surface area contributed by atoms with E-state index in [1.165, 1.54) is 5.56 Å². The molecule has 138 valence electrons. The van der Waals surface area contributed by atoms with Gasteiger partial charge in [-0.2, -0.15) is 4.98 Å². The molecule has 0 spiro atoms. The highest BCUT2D eigenvalue weighted by Gasteiger charge is 2.44. The van der Waals surface area contributed by atoms with Gasteiger partial charge >= 0.3 is 0 Å². The fourth-order valence-electron chi connectivity index (χ4n) is 3.65. The van der Waals surface area contributed by atoms with Crippen molar-refractivity contribution in [1.29, 1.82) is 0 Å². The summed E-state index contributed by atoms with van der Waals surface area (Å²) < 4.78 is 5.51. The summed E-state index contributed by atoms with van der Waals surface area (Å²) in [6.07, 6.45) is 8.32. The highest BCUT2D eigenvalue weighted by Crippen LogP contribution is 2.48. The fourth-order valence-corrected chi connectivity index (χ4v) is 3.65. The van der Waals surface area contributed by atoms with Gasteiger partial charge in [0.2, 0.25) is 5.95 Å². The minimum Gasteiger partial charge on any atom is -0.368 e. The van der Waals surface area contributed by atoms with Crippen LogP contribution in [0.4, 0.5) is 5.95 Å². The zero-order chi connectivity index (χ0) is 19.0. The van der Waals surface area contributed by atoms with Crippen molar-refractivity contribution in [3.8, 4) is 22.7 Å². The number of benzene rings is 1. The van der Waals surface area contributed by atoms with Gasteiger partial charge < -0.3 is 10.3 Å². The second-order valence-electron chi connectivity index (χ2n) is 6.98. The van der Waals surface area contributed by atoms with Gasteiger partial charge in [-0.15, -0.1) is 0 Å². The number of nitrogens with zero attached hydrogens (tertiary/aromatic N) is 5. The maximum absolute atomic E-state index is 5.57. The van der Waals surface area contributed by atoms with Crippen molar-refractivity contribution in [2.45, 2.75) is 24.7 Å². The second kappa shape index (κ2) is 6.53. The van der Waals surface area contributed by atoms with Crippen LogP contribution in [-0.2, 0) is 5.41 Å². The minimum atomic E-state index is -0.202. The summed E-state index contributed by atoms with van der Waals surface area (Å²) in [6, 6.07) is 14.0. The minimum absolute atomic E-state index is 0.202. The van der Waals surface area contributed by atoms with E-state index in [0.29, 0.717) is 11.6 Å². The van der Waals surface area contributed by atoms with Crippen molar-refractivity contribution in [2.75, 3.05) is 5.73 Å². The van der Waals surface area contributed by atoms with Crippen LogP contribution >= 0.6 is 0 Å². The second-order valence-corrected chi connectivity index (χ2v) is 6.98. The van der Waals surface area contributed by atoms with Crippen LogP contribution in [0, 0.1) is 0 Å². The highest BCUT2D eigenvalue weighted by atomic mass is 16.5. The van der Waals surface area contributed by atoms with E-state index in [4.69, 9.17) is 10.3 Å². The lowest BCUT2D eigenvalue weighted by Gasteiger charge is -2.39. The Balaban J connectivity index is 1.47. The van der Waals surface area contributed by atoms with Gasteiger partial charge in [0.15, 0.2) is 5.82 Å². The Morgan fingerprint density at radius 1 is 0.893 bits per heavy atom. The standard InChI is InChI=1S/C21H18N6O/c22-20-24-12-15(13-25-20)14-5-7-16(8-6-14)21(9-3-10-21)19-26-18(28-27-19)17-4-1-2-11-23-17/h1-2,4-8,11-13H,3,9-10H2,(H2,22,24,25). The predicted octanol–water partition coefficient (Wildman–Crippen LogP) is 3.64. The van der Waals surface area contributed by atoms with Crippen LogP contribution in [0.15, 0.2) is 65.6 Å². The molecule has 1 aliphatic carbocycles. The number of hydrogen-bond acceptors (Lipinski definition) is 7.